The predicted molar refractivity (Wildman–Crippen MR) is 94.1 cm³/mol. The van der Waals surface area contributed by atoms with Crippen LogP contribution in [0.25, 0.3) is 10.9 Å². The van der Waals surface area contributed by atoms with Crippen molar-refractivity contribution in [3.05, 3.63) is 59.9 Å². The molecule has 1 N–H and O–H groups in total. The maximum atomic E-state index is 13.8. The lowest BCUT2D eigenvalue weighted by atomic mass is 9.73. The molecule has 1 aliphatic carbocycles. The Balaban J connectivity index is 1.57. The van der Waals surface area contributed by atoms with Gasteiger partial charge in [0, 0.05) is 23.4 Å². The van der Waals surface area contributed by atoms with Crippen molar-refractivity contribution in [1.29, 1.82) is 0 Å². The SMILES string of the molecule is Fc1cc2ncnc(NC3CC4(CCC4)Oc4ccccc43)c2cc1F. The van der Waals surface area contributed by atoms with Gasteiger partial charge in [-0.25, -0.2) is 18.7 Å². The van der Waals surface area contributed by atoms with E-state index in [0.29, 0.717) is 16.7 Å². The first-order valence-electron chi connectivity index (χ1n) is 8.78. The maximum Gasteiger partial charge on any atom is 0.161 e. The van der Waals surface area contributed by atoms with Crippen LogP contribution in [0.2, 0.25) is 0 Å². The smallest absolute Gasteiger partial charge is 0.161 e. The topological polar surface area (TPSA) is 47.0 Å². The lowest BCUT2D eigenvalue weighted by Crippen LogP contribution is -2.48. The standard InChI is InChI=1S/C20H17F2N3O/c21-14-8-13-16(9-15(14)22)23-11-24-19(13)25-17-10-20(6-3-7-20)26-18-5-2-1-4-12(17)18/h1-2,4-5,8-9,11,17H,3,6-7,10H2,(H,23,24,25). The Morgan fingerprint density at radius 1 is 1.08 bits per heavy atom. The molecule has 0 radical (unpaired) electrons. The fourth-order valence-corrected chi connectivity index (χ4v) is 3.96. The summed E-state index contributed by atoms with van der Waals surface area (Å²) in [4.78, 5) is 8.34. The summed E-state index contributed by atoms with van der Waals surface area (Å²) in [5.74, 6) is -0.429. The highest BCUT2D eigenvalue weighted by Gasteiger charge is 2.45. The number of nitrogens with one attached hydrogen (secondary N) is 1. The molecule has 2 aromatic carbocycles. The third-order valence-corrected chi connectivity index (χ3v) is 5.45. The molecule has 1 saturated carbocycles. The number of halogens is 2. The van der Waals surface area contributed by atoms with Gasteiger partial charge in [-0.2, -0.15) is 0 Å². The van der Waals surface area contributed by atoms with Gasteiger partial charge in [-0.05, 0) is 31.4 Å². The molecule has 0 bridgehead atoms. The maximum absolute atomic E-state index is 13.8. The van der Waals surface area contributed by atoms with Crippen LogP contribution in [0.1, 0.15) is 37.3 Å². The van der Waals surface area contributed by atoms with E-state index in [-0.39, 0.29) is 11.6 Å². The van der Waals surface area contributed by atoms with Crippen LogP contribution in [-0.2, 0) is 0 Å². The fraction of sp³-hybridized carbons (Fsp3) is 0.300. The monoisotopic (exact) mass is 353 g/mol. The van der Waals surface area contributed by atoms with Gasteiger partial charge in [-0.15, -0.1) is 0 Å². The van der Waals surface area contributed by atoms with Crippen LogP contribution >= 0.6 is 0 Å². The molecule has 1 spiro atoms. The van der Waals surface area contributed by atoms with Crippen molar-refractivity contribution in [3.63, 3.8) is 0 Å². The van der Waals surface area contributed by atoms with Crippen LogP contribution in [0, 0.1) is 11.6 Å². The van der Waals surface area contributed by atoms with Gasteiger partial charge < -0.3 is 10.1 Å². The third kappa shape index (κ3) is 2.40. The van der Waals surface area contributed by atoms with E-state index < -0.39 is 11.6 Å². The molecule has 2 heterocycles. The van der Waals surface area contributed by atoms with Gasteiger partial charge in [0.2, 0.25) is 0 Å². The third-order valence-electron chi connectivity index (χ3n) is 5.45. The summed E-state index contributed by atoms with van der Waals surface area (Å²) in [6.07, 6.45) is 5.41. The predicted octanol–water partition coefficient (Wildman–Crippen LogP) is 4.77. The first-order chi connectivity index (χ1) is 12.6. The molecule has 3 aromatic rings. The number of ether oxygens (including phenoxy) is 1. The lowest BCUT2D eigenvalue weighted by Gasteiger charge is -2.48. The van der Waals surface area contributed by atoms with Crippen LogP contribution in [0.3, 0.4) is 0 Å². The minimum Gasteiger partial charge on any atom is -0.487 e. The number of fused-ring (bicyclic) bond motifs is 2. The molecular weight excluding hydrogens is 336 g/mol. The zero-order valence-electron chi connectivity index (χ0n) is 14.0. The van der Waals surface area contributed by atoms with Gasteiger partial charge in [0.1, 0.15) is 23.5 Å². The number of nitrogens with zero attached hydrogens (tertiary/aromatic N) is 2. The Bertz CT molecular complexity index is 1000. The van der Waals surface area contributed by atoms with E-state index in [9.17, 15) is 8.78 Å². The molecule has 26 heavy (non-hydrogen) atoms. The molecule has 1 aliphatic heterocycles. The molecule has 1 atom stereocenters. The number of para-hydroxylation sites is 1. The Hall–Kier alpha value is -2.76. The summed E-state index contributed by atoms with van der Waals surface area (Å²) >= 11 is 0. The minimum absolute atomic E-state index is 0.00790. The number of benzene rings is 2. The van der Waals surface area contributed by atoms with Crippen molar-refractivity contribution < 1.29 is 13.5 Å². The second-order valence-electron chi connectivity index (χ2n) is 7.08. The van der Waals surface area contributed by atoms with E-state index in [1.165, 1.54) is 6.33 Å². The molecule has 6 heteroatoms. The fourth-order valence-electron chi connectivity index (χ4n) is 3.96. The molecular formula is C20H17F2N3O. The van der Waals surface area contributed by atoms with Gasteiger partial charge in [0.15, 0.2) is 11.6 Å². The summed E-state index contributed by atoms with van der Waals surface area (Å²) in [5.41, 5.74) is 1.30. The highest BCUT2D eigenvalue weighted by Crippen LogP contribution is 2.49. The van der Waals surface area contributed by atoms with Gasteiger partial charge in [0.05, 0.1) is 11.6 Å². The zero-order chi connectivity index (χ0) is 17.7. The van der Waals surface area contributed by atoms with E-state index >= 15 is 0 Å². The average molecular weight is 353 g/mol. The Kier molecular flexibility index (Phi) is 3.35. The lowest BCUT2D eigenvalue weighted by molar-refractivity contribution is -0.0309. The number of hydrogen-bond donors (Lipinski definition) is 1. The second-order valence-corrected chi connectivity index (χ2v) is 7.08. The first-order valence-corrected chi connectivity index (χ1v) is 8.78. The molecule has 0 amide bonds. The largest absolute Gasteiger partial charge is 0.487 e. The molecule has 4 nitrogen and oxygen atoms in total. The quantitative estimate of drug-likeness (QED) is 0.721. The van der Waals surface area contributed by atoms with E-state index in [1.54, 1.807) is 0 Å². The van der Waals surface area contributed by atoms with E-state index in [4.69, 9.17) is 4.74 Å². The molecule has 2 aliphatic rings. The van der Waals surface area contributed by atoms with Crippen molar-refractivity contribution in [2.75, 3.05) is 5.32 Å². The molecule has 1 aromatic heterocycles. The number of aromatic nitrogens is 2. The number of anilines is 1. The Labute approximate surface area is 149 Å². The van der Waals surface area contributed by atoms with Crippen LogP contribution in [-0.4, -0.2) is 15.6 Å². The Morgan fingerprint density at radius 2 is 1.88 bits per heavy atom. The van der Waals surface area contributed by atoms with Crippen LogP contribution < -0.4 is 10.1 Å². The summed E-state index contributed by atoms with van der Waals surface area (Å²) in [5, 5.41) is 3.90. The summed E-state index contributed by atoms with van der Waals surface area (Å²) in [7, 11) is 0. The van der Waals surface area contributed by atoms with Gasteiger partial charge in [-0.3, -0.25) is 0 Å². The second kappa shape index (κ2) is 5.62. The van der Waals surface area contributed by atoms with Crippen molar-refractivity contribution in [1.82, 2.24) is 9.97 Å². The molecule has 5 rings (SSSR count). The van der Waals surface area contributed by atoms with Crippen molar-refractivity contribution in [3.8, 4) is 5.75 Å². The van der Waals surface area contributed by atoms with Crippen molar-refractivity contribution >= 4 is 16.7 Å². The van der Waals surface area contributed by atoms with Gasteiger partial charge >= 0.3 is 0 Å². The number of hydrogen-bond acceptors (Lipinski definition) is 4. The molecule has 0 saturated heterocycles. The van der Waals surface area contributed by atoms with E-state index in [1.807, 2.05) is 24.3 Å². The first kappa shape index (κ1) is 15.5. The Morgan fingerprint density at radius 3 is 2.69 bits per heavy atom. The van der Waals surface area contributed by atoms with Gasteiger partial charge in [0.25, 0.3) is 0 Å². The summed E-state index contributed by atoms with van der Waals surface area (Å²) in [6.45, 7) is 0. The summed E-state index contributed by atoms with van der Waals surface area (Å²) in [6, 6.07) is 10.2. The number of rotatable bonds is 2. The normalized spacial score (nSPS) is 20.3. The molecule has 132 valence electrons. The van der Waals surface area contributed by atoms with Crippen molar-refractivity contribution in [2.45, 2.75) is 37.3 Å². The average Bonchev–Trinajstić information content (AvgIpc) is 2.62. The minimum atomic E-state index is -0.910. The van der Waals surface area contributed by atoms with Crippen LogP contribution in [0.15, 0.2) is 42.7 Å². The van der Waals surface area contributed by atoms with Crippen LogP contribution in [0.4, 0.5) is 14.6 Å². The highest BCUT2D eigenvalue weighted by molar-refractivity contribution is 5.89. The summed E-state index contributed by atoms with van der Waals surface area (Å²) < 4.78 is 33.5. The van der Waals surface area contributed by atoms with Gasteiger partial charge in [-0.1, -0.05) is 18.2 Å². The highest BCUT2D eigenvalue weighted by atomic mass is 19.2. The molecule has 1 unspecified atom stereocenters. The molecule has 1 fully saturated rings. The van der Waals surface area contributed by atoms with Crippen LogP contribution in [0.5, 0.6) is 5.75 Å². The van der Waals surface area contributed by atoms with E-state index in [2.05, 4.69) is 15.3 Å². The zero-order valence-corrected chi connectivity index (χ0v) is 14.0. The van der Waals surface area contributed by atoms with Crippen molar-refractivity contribution in [2.24, 2.45) is 0 Å². The van der Waals surface area contributed by atoms with E-state index in [0.717, 1.165) is 49.1 Å².